The number of hydrogen-bond acceptors (Lipinski definition) is 2. The number of aliphatic hydroxyl groups excluding tert-OH is 1. The van der Waals surface area contributed by atoms with E-state index in [-0.39, 0.29) is 29.6 Å². The maximum absolute atomic E-state index is 11.0. The van der Waals surface area contributed by atoms with E-state index in [1.807, 2.05) is 21.0 Å². The summed E-state index contributed by atoms with van der Waals surface area (Å²) >= 11 is 0. The maximum Gasteiger partial charge on any atom is 0.359 e. The molecule has 5 nitrogen and oxygen atoms in total. The second-order valence-electron chi connectivity index (χ2n) is 3.10. The van der Waals surface area contributed by atoms with Crippen molar-refractivity contribution in [2.75, 3.05) is 33.8 Å². The van der Waals surface area contributed by atoms with Gasteiger partial charge in [-0.2, -0.15) is 5.43 Å². The highest BCUT2D eigenvalue weighted by molar-refractivity contribution is 5.72. The highest BCUT2D eigenvalue weighted by Crippen LogP contribution is 1.88. The van der Waals surface area contributed by atoms with Gasteiger partial charge in [-0.05, 0) is 6.92 Å². The Morgan fingerprint density at radius 1 is 1.46 bits per heavy atom. The third kappa shape index (κ3) is 7.83. The highest BCUT2D eigenvalue weighted by atomic mass is 35.5. The molecule has 3 N–H and O–H groups in total. The summed E-state index contributed by atoms with van der Waals surface area (Å²) in [5, 5.41) is 11.3. The number of likely N-dealkylation sites (N-methyl/N-ethyl adjacent to an activating group) is 1. The molecule has 0 rings (SSSR count). The number of quaternary nitrogens is 1. The maximum atomic E-state index is 11.0. The lowest BCUT2D eigenvalue weighted by molar-refractivity contribution is -0.925. The van der Waals surface area contributed by atoms with E-state index in [9.17, 15) is 4.79 Å². The number of hydrogen-bond donors (Lipinski definition) is 3. The van der Waals surface area contributed by atoms with Gasteiger partial charge in [0.2, 0.25) is 0 Å². The van der Waals surface area contributed by atoms with E-state index in [1.165, 1.54) is 0 Å². The van der Waals surface area contributed by atoms with E-state index in [1.54, 1.807) is 0 Å². The number of rotatable bonds is 4. The van der Waals surface area contributed by atoms with Crippen LogP contribution in [0.5, 0.6) is 0 Å². The van der Waals surface area contributed by atoms with Crippen molar-refractivity contribution in [3.05, 3.63) is 0 Å². The lowest BCUT2D eigenvalue weighted by atomic mass is 10.6. The van der Waals surface area contributed by atoms with Gasteiger partial charge >= 0.3 is 6.03 Å². The molecule has 6 heteroatoms. The van der Waals surface area contributed by atoms with E-state index >= 15 is 0 Å². The molecule has 0 atom stereocenters. The quantitative estimate of drug-likeness (QED) is 0.331. The molecule has 0 fully saturated rings. The summed E-state index contributed by atoms with van der Waals surface area (Å²) in [6, 6.07) is -0.212. The average Bonchev–Trinajstić information content (AvgIpc) is 1.85. The monoisotopic (exact) mass is 211 g/mol. The van der Waals surface area contributed by atoms with E-state index in [0.717, 1.165) is 0 Å². The summed E-state index contributed by atoms with van der Waals surface area (Å²) in [5.74, 6) is 0. The van der Waals surface area contributed by atoms with Crippen molar-refractivity contribution in [3.8, 4) is 0 Å². The predicted octanol–water partition coefficient (Wildman–Crippen LogP) is -3.71. The first-order valence-electron chi connectivity index (χ1n) is 4.02. The molecule has 0 heterocycles. The van der Waals surface area contributed by atoms with Gasteiger partial charge in [-0.15, -0.1) is 0 Å². The number of halogens is 1. The molecule has 0 radical (unpaired) electrons. The van der Waals surface area contributed by atoms with Gasteiger partial charge in [0.15, 0.2) is 0 Å². The molecule has 0 aromatic rings. The lowest BCUT2D eigenvalue weighted by Gasteiger charge is -2.27. The normalized spacial score (nSPS) is 10.2. The first-order chi connectivity index (χ1) is 5.52. The van der Waals surface area contributed by atoms with Crippen LogP contribution < -0.4 is 23.1 Å². The Bertz CT molecular complexity index is 153. The molecule has 0 aliphatic heterocycles. The fourth-order valence-electron chi connectivity index (χ4n) is 0.781. The van der Waals surface area contributed by atoms with Crippen LogP contribution in [0, 0.1) is 0 Å². The molecule has 0 aromatic heterocycles. The molecule has 0 aliphatic rings. The van der Waals surface area contributed by atoms with E-state index < -0.39 is 0 Å². The van der Waals surface area contributed by atoms with Crippen LogP contribution in [0.2, 0.25) is 0 Å². The standard InChI is InChI=1S/C7H17N3O2.ClH/c1-4-8-7(12)9-10(2,3)5-6-11;/h11H,4-6H2,1-3H3,(H-,8,9,12);1H. The van der Waals surface area contributed by atoms with Crippen LogP contribution in [-0.2, 0) is 0 Å². The first kappa shape index (κ1) is 15.0. The highest BCUT2D eigenvalue weighted by Gasteiger charge is 2.16. The van der Waals surface area contributed by atoms with Crippen molar-refractivity contribution >= 4 is 6.03 Å². The number of nitrogens with one attached hydrogen (secondary N) is 2. The number of aliphatic hydroxyl groups is 1. The SMILES string of the molecule is CCNC(=O)N[N+](C)(C)CCO.[Cl-]. The zero-order chi connectivity index (χ0) is 9.61. The fourth-order valence-corrected chi connectivity index (χ4v) is 0.781. The molecule has 0 saturated carbocycles. The number of amides is 2. The largest absolute Gasteiger partial charge is 1.00 e. The summed E-state index contributed by atoms with van der Waals surface area (Å²) < 4.78 is 0.280. The van der Waals surface area contributed by atoms with Gasteiger partial charge < -0.3 is 22.8 Å². The smallest absolute Gasteiger partial charge is 0.359 e. The topological polar surface area (TPSA) is 61.4 Å². The molecule has 0 aromatic carbocycles. The van der Waals surface area contributed by atoms with Crippen molar-refractivity contribution in [3.63, 3.8) is 0 Å². The van der Waals surface area contributed by atoms with Crippen LogP contribution in [0.15, 0.2) is 0 Å². The summed E-state index contributed by atoms with van der Waals surface area (Å²) in [4.78, 5) is 11.0. The number of urea groups is 1. The van der Waals surface area contributed by atoms with Crippen molar-refractivity contribution in [2.45, 2.75) is 6.92 Å². The summed E-state index contributed by atoms with van der Waals surface area (Å²) in [5.41, 5.74) is 2.69. The Morgan fingerprint density at radius 2 is 2.00 bits per heavy atom. The van der Waals surface area contributed by atoms with Gasteiger partial charge in [0.1, 0.15) is 6.54 Å². The molecular weight excluding hydrogens is 194 g/mol. The third-order valence-electron chi connectivity index (χ3n) is 1.40. The molecule has 13 heavy (non-hydrogen) atoms. The molecular formula is C7H18ClN3O2. The van der Waals surface area contributed by atoms with Crippen molar-refractivity contribution in [1.82, 2.24) is 10.7 Å². The van der Waals surface area contributed by atoms with Gasteiger partial charge in [-0.1, -0.05) is 0 Å². The molecule has 0 aliphatic carbocycles. The van der Waals surface area contributed by atoms with Crippen LogP contribution in [-0.4, -0.2) is 49.5 Å². The van der Waals surface area contributed by atoms with Gasteiger partial charge in [0, 0.05) is 6.54 Å². The molecule has 80 valence electrons. The molecule has 2 amide bonds. The Balaban J connectivity index is 0. The predicted molar refractivity (Wildman–Crippen MR) is 46.3 cm³/mol. The van der Waals surface area contributed by atoms with Crippen LogP contribution in [0.1, 0.15) is 6.92 Å². The zero-order valence-corrected chi connectivity index (χ0v) is 9.06. The van der Waals surface area contributed by atoms with Crippen LogP contribution >= 0.6 is 0 Å². The molecule has 0 unspecified atom stereocenters. The Labute approximate surface area is 85.1 Å². The van der Waals surface area contributed by atoms with Crippen LogP contribution in [0.4, 0.5) is 4.79 Å². The molecule has 0 saturated heterocycles. The number of carbonyl (C=O) groups is 1. The Kier molecular flexibility index (Phi) is 7.99. The minimum atomic E-state index is -0.212. The second-order valence-corrected chi connectivity index (χ2v) is 3.10. The van der Waals surface area contributed by atoms with Gasteiger partial charge in [0.05, 0.1) is 20.7 Å². The second kappa shape index (κ2) is 6.94. The van der Waals surface area contributed by atoms with Crippen molar-refractivity contribution in [1.29, 1.82) is 0 Å². The Morgan fingerprint density at radius 3 is 2.38 bits per heavy atom. The van der Waals surface area contributed by atoms with Gasteiger partial charge in [-0.3, -0.25) is 0 Å². The van der Waals surface area contributed by atoms with Crippen molar-refractivity contribution in [2.24, 2.45) is 0 Å². The third-order valence-corrected chi connectivity index (χ3v) is 1.40. The van der Waals surface area contributed by atoms with E-state index in [2.05, 4.69) is 10.7 Å². The minimum Gasteiger partial charge on any atom is -1.00 e. The summed E-state index contributed by atoms with van der Waals surface area (Å²) in [6.07, 6.45) is 0. The number of carbonyl (C=O) groups excluding carboxylic acids is 1. The summed E-state index contributed by atoms with van der Waals surface area (Å²) in [7, 11) is 3.62. The lowest BCUT2D eigenvalue weighted by Crippen LogP contribution is -3.00. The first-order valence-corrected chi connectivity index (χ1v) is 4.02. The fraction of sp³-hybridized carbons (Fsp3) is 0.857. The molecule has 0 bridgehead atoms. The summed E-state index contributed by atoms with van der Waals surface area (Å²) in [6.45, 7) is 3.01. The van der Waals surface area contributed by atoms with Gasteiger partial charge in [-0.25, -0.2) is 9.39 Å². The van der Waals surface area contributed by atoms with Crippen molar-refractivity contribution < 1.29 is 26.9 Å². The Hall–Kier alpha value is -0.520. The van der Waals surface area contributed by atoms with Crippen LogP contribution in [0.3, 0.4) is 0 Å². The van der Waals surface area contributed by atoms with Gasteiger partial charge in [0.25, 0.3) is 0 Å². The molecule has 0 spiro atoms. The number of nitrogens with zero attached hydrogens (tertiary/aromatic N) is 1. The van der Waals surface area contributed by atoms with E-state index in [4.69, 9.17) is 5.11 Å². The zero-order valence-electron chi connectivity index (χ0n) is 8.30. The average molecular weight is 212 g/mol. The van der Waals surface area contributed by atoms with E-state index in [0.29, 0.717) is 13.1 Å². The van der Waals surface area contributed by atoms with Crippen LogP contribution in [0.25, 0.3) is 0 Å². The minimum absolute atomic E-state index is 0.